The predicted octanol–water partition coefficient (Wildman–Crippen LogP) is 3.20. The molecule has 1 heteroatoms. The summed E-state index contributed by atoms with van der Waals surface area (Å²) in [6, 6.07) is 0.732. The summed E-state index contributed by atoms with van der Waals surface area (Å²) in [5.74, 6) is 1.91. The van der Waals surface area contributed by atoms with Gasteiger partial charge >= 0.3 is 0 Å². The van der Waals surface area contributed by atoms with E-state index in [1.54, 1.807) is 0 Å². The van der Waals surface area contributed by atoms with Crippen LogP contribution in [0, 0.1) is 11.8 Å². The van der Waals surface area contributed by atoms with Crippen molar-refractivity contribution in [2.24, 2.45) is 11.8 Å². The Kier molecular flexibility index (Phi) is 4.79. The van der Waals surface area contributed by atoms with Gasteiger partial charge in [-0.05, 0) is 38.1 Å². The van der Waals surface area contributed by atoms with Crippen LogP contribution in [0.25, 0.3) is 0 Å². The standard InChI is InChI=1S/C12H25N/c1-4-13-11(3)12-7-5-6-10(2)8-9-12/h10-13H,4-9H2,1-3H3. The highest BCUT2D eigenvalue weighted by Crippen LogP contribution is 2.28. The van der Waals surface area contributed by atoms with Crippen LogP contribution >= 0.6 is 0 Å². The smallest absolute Gasteiger partial charge is 0.00668 e. The number of rotatable bonds is 3. The topological polar surface area (TPSA) is 12.0 Å². The van der Waals surface area contributed by atoms with Crippen LogP contribution in [-0.2, 0) is 0 Å². The van der Waals surface area contributed by atoms with Crippen molar-refractivity contribution in [3.63, 3.8) is 0 Å². The third kappa shape index (κ3) is 3.68. The van der Waals surface area contributed by atoms with E-state index in [2.05, 4.69) is 26.1 Å². The van der Waals surface area contributed by atoms with Crippen molar-refractivity contribution in [2.45, 2.75) is 58.9 Å². The van der Waals surface area contributed by atoms with Gasteiger partial charge in [-0.1, -0.05) is 33.1 Å². The van der Waals surface area contributed by atoms with Gasteiger partial charge < -0.3 is 5.32 Å². The highest BCUT2D eigenvalue weighted by molar-refractivity contribution is 4.76. The minimum atomic E-state index is 0.732. The molecule has 0 aromatic rings. The minimum absolute atomic E-state index is 0.732. The molecule has 0 radical (unpaired) electrons. The molecule has 3 atom stereocenters. The van der Waals surface area contributed by atoms with E-state index < -0.39 is 0 Å². The molecule has 0 aromatic carbocycles. The molecular formula is C12H25N. The molecule has 0 heterocycles. The lowest BCUT2D eigenvalue weighted by atomic mass is 9.92. The van der Waals surface area contributed by atoms with Crippen LogP contribution in [0.3, 0.4) is 0 Å². The Morgan fingerprint density at radius 2 is 2.00 bits per heavy atom. The normalized spacial score (nSPS) is 32.5. The number of nitrogens with one attached hydrogen (secondary N) is 1. The van der Waals surface area contributed by atoms with Crippen molar-refractivity contribution in [3.8, 4) is 0 Å². The molecular weight excluding hydrogens is 158 g/mol. The van der Waals surface area contributed by atoms with Crippen LogP contribution in [0.5, 0.6) is 0 Å². The Labute approximate surface area is 83.3 Å². The van der Waals surface area contributed by atoms with Crippen molar-refractivity contribution >= 4 is 0 Å². The Hall–Kier alpha value is -0.0400. The molecule has 78 valence electrons. The van der Waals surface area contributed by atoms with E-state index in [1.807, 2.05) is 0 Å². The van der Waals surface area contributed by atoms with E-state index in [0.29, 0.717) is 0 Å². The maximum atomic E-state index is 3.56. The van der Waals surface area contributed by atoms with E-state index in [9.17, 15) is 0 Å². The first-order valence-electron chi connectivity index (χ1n) is 5.97. The Morgan fingerprint density at radius 3 is 2.69 bits per heavy atom. The van der Waals surface area contributed by atoms with Crippen LogP contribution in [-0.4, -0.2) is 12.6 Å². The van der Waals surface area contributed by atoms with Gasteiger partial charge in [0.05, 0.1) is 0 Å². The molecule has 1 aliphatic rings. The summed E-state index contributed by atoms with van der Waals surface area (Å²) < 4.78 is 0. The summed E-state index contributed by atoms with van der Waals surface area (Å²) in [5.41, 5.74) is 0. The molecule has 1 rings (SSSR count). The van der Waals surface area contributed by atoms with Crippen molar-refractivity contribution in [1.29, 1.82) is 0 Å². The maximum absolute atomic E-state index is 3.56. The zero-order chi connectivity index (χ0) is 9.68. The minimum Gasteiger partial charge on any atom is -0.314 e. The SMILES string of the molecule is CCNC(C)C1CCCC(C)CC1. The van der Waals surface area contributed by atoms with E-state index in [-0.39, 0.29) is 0 Å². The lowest BCUT2D eigenvalue weighted by Gasteiger charge is -2.23. The van der Waals surface area contributed by atoms with Crippen LogP contribution in [0.4, 0.5) is 0 Å². The van der Waals surface area contributed by atoms with E-state index >= 15 is 0 Å². The zero-order valence-electron chi connectivity index (χ0n) is 9.47. The Morgan fingerprint density at radius 1 is 1.23 bits per heavy atom. The molecule has 1 aliphatic carbocycles. The average molecular weight is 183 g/mol. The molecule has 1 fully saturated rings. The lowest BCUT2D eigenvalue weighted by molar-refractivity contribution is 0.339. The molecule has 1 N–H and O–H groups in total. The Balaban J connectivity index is 2.32. The summed E-state index contributed by atoms with van der Waals surface area (Å²) in [5, 5.41) is 3.56. The summed E-state index contributed by atoms with van der Waals surface area (Å²) in [4.78, 5) is 0. The van der Waals surface area contributed by atoms with Crippen LogP contribution in [0.2, 0.25) is 0 Å². The van der Waals surface area contributed by atoms with Crippen LogP contribution in [0.15, 0.2) is 0 Å². The lowest BCUT2D eigenvalue weighted by Crippen LogP contribution is -2.33. The van der Waals surface area contributed by atoms with E-state index in [1.165, 1.54) is 32.1 Å². The van der Waals surface area contributed by atoms with Gasteiger partial charge in [0, 0.05) is 6.04 Å². The van der Waals surface area contributed by atoms with Crippen molar-refractivity contribution in [1.82, 2.24) is 5.32 Å². The molecule has 1 saturated carbocycles. The second kappa shape index (κ2) is 5.64. The first-order chi connectivity index (χ1) is 6.24. The number of hydrogen-bond donors (Lipinski definition) is 1. The molecule has 0 saturated heterocycles. The molecule has 0 amide bonds. The quantitative estimate of drug-likeness (QED) is 0.663. The van der Waals surface area contributed by atoms with Gasteiger partial charge in [0.25, 0.3) is 0 Å². The van der Waals surface area contributed by atoms with E-state index in [0.717, 1.165) is 24.4 Å². The van der Waals surface area contributed by atoms with Gasteiger partial charge in [0.2, 0.25) is 0 Å². The zero-order valence-corrected chi connectivity index (χ0v) is 9.47. The summed E-state index contributed by atoms with van der Waals surface area (Å²) in [6.45, 7) is 8.08. The van der Waals surface area contributed by atoms with Gasteiger partial charge in [-0.25, -0.2) is 0 Å². The van der Waals surface area contributed by atoms with E-state index in [4.69, 9.17) is 0 Å². The van der Waals surface area contributed by atoms with Gasteiger partial charge in [0.15, 0.2) is 0 Å². The highest BCUT2D eigenvalue weighted by atomic mass is 14.9. The third-order valence-electron chi connectivity index (χ3n) is 3.54. The first-order valence-corrected chi connectivity index (χ1v) is 5.97. The molecule has 0 aromatic heterocycles. The van der Waals surface area contributed by atoms with Crippen molar-refractivity contribution in [2.75, 3.05) is 6.54 Å². The van der Waals surface area contributed by atoms with Gasteiger partial charge in [-0.15, -0.1) is 0 Å². The van der Waals surface area contributed by atoms with Crippen LogP contribution in [0.1, 0.15) is 52.9 Å². The molecule has 13 heavy (non-hydrogen) atoms. The van der Waals surface area contributed by atoms with Gasteiger partial charge in [-0.3, -0.25) is 0 Å². The Bertz CT molecular complexity index is 133. The maximum Gasteiger partial charge on any atom is 0.00668 e. The van der Waals surface area contributed by atoms with Gasteiger partial charge in [-0.2, -0.15) is 0 Å². The fourth-order valence-electron chi connectivity index (χ4n) is 2.50. The molecule has 0 bridgehead atoms. The predicted molar refractivity (Wildman–Crippen MR) is 58.9 cm³/mol. The highest BCUT2D eigenvalue weighted by Gasteiger charge is 2.20. The molecule has 0 spiro atoms. The summed E-state index contributed by atoms with van der Waals surface area (Å²) >= 11 is 0. The third-order valence-corrected chi connectivity index (χ3v) is 3.54. The molecule has 1 nitrogen and oxygen atoms in total. The fourth-order valence-corrected chi connectivity index (χ4v) is 2.50. The second-order valence-corrected chi connectivity index (χ2v) is 4.72. The van der Waals surface area contributed by atoms with Gasteiger partial charge in [0.1, 0.15) is 0 Å². The average Bonchev–Trinajstić information content (AvgIpc) is 2.30. The largest absolute Gasteiger partial charge is 0.314 e. The molecule has 3 unspecified atom stereocenters. The fraction of sp³-hybridized carbons (Fsp3) is 1.00. The summed E-state index contributed by atoms with van der Waals surface area (Å²) in [7, 11) is 0. The monoisotopic (exact) mass is 183 g/mol. The summed E-state index contributed by atoms with van der Waals surface area (Å²) in [6.07, 6.45) is 7.23. The first kappa shape index (κ1) is 11.0. The number of hydrogen-bond acceptors (Lipinski definition) is 1. The van der Waals surface area contributed by atoms with Crippen molar-refractivity contribution < 1.29 is 0 Å². The van der Waals surface area contributed by atoms with Crippen LogP contribution < -0.4 is 5.32 Å². The second-order valence-electron chi connectivity index (χ2n) is 4.72. The van der Waals surface area contributed by atoms with Crippen molar-refractivity contribution in [3.05, 3.63) is 0 Å². The molecule has 0 aliphatic heterocycles.